The predicted molar refractivity (Wildman–Crippen MR) is 72.2 cm³/mol. The Morgan fingerprint density at radius 3 is 2.42 bits per heavy atom. The van der Waals surface area contributed by atoms with Crippen molar-refractivity contribution < 1.29 is 13.2 Å². The highest BCUT2D eigenvalue weighted by atomic mass is 19.4. The lowest BCUT2D eigenvalue weighted by Crippen LogP contribution is -2.52. The van der Waals surface area contributed by atoms with E-state index in [-0.39, 0.29) is 12.6 Å². The van der Waals surface area contributed by atoms with E-state index in [9.17, 15) is 13.2 Å². The van der Waals surface area contributed by atoms with Gasteiger partial charge in [0.2, 0.25) is 0 Å². The van der Waals surface area contributed by atoms with E-state index in [1.54, 1.807) is 0 Å². The van der Waals surface area contributed by atoms with Gasteiger partial charge in [0.1, 0.15) is 0 Å². The number of rotatable bonds is 6. The molecule has 0 bridgehead atoms. The Hall–Kier alpha value is -0.290. The Labute approximate surface area is 114 Å². The average Bonchev–Trinajstić information content (AvgIpc) is 2.36. The molecule has 0 heterocycles. The molecule has 5 heteroatoms. The summed E-state index contributed by atoms with van der Waals surface area (Å²) in [4.78, 5) is 1.91. The standard InChI is InChI=1S/C14H27F3N2/c1-4-11-6-7-12(18-5-2)13(10-11)19(3)9-8-14(15,16)17/h11-13,18H,4-10H2,1-3H3. The molecule has 3 unspecified atom stereocenters. The summed E-state index contributed by atoms with van der Waals surface area (Å²) < 4.78 is 37.0. The minimum Gasteiger partial charge on any atom is -0.313 e. The van der Waals surface area contributed by atoms with E-state index in [4.69, 9.17) is 0 Å². The monoisotopic (exact) mass is 280 g/mol. The topological polar surface area (TPSA) is 15.3 Å². The van der Waals surface area contributed by atoms with E-state index in [0.717, 1.165) is 25.8 Å². The van der Waals surface area contributed by atoms with Crippen LogP contribution in [0.2, 0.25) is 0 Å². The van der Waals surface area contributed by atoms with Crippen LogP contribution in [0, 0.1) is 5.92 Å². The average molecular weight is 280 g/mol. The van der Waals surface area contributed by atoms with Crippen molar-refractivity contribution in [2.45, 2.75) is 64.2 Å². The van der Waals surface area contributed by atoms with Crippen molar-refractivity contribution in [3.63, 3.8) is 0 Å². The summed E-state index contributed by atoms with van der Waals surface area (Å²) in [5.74, 6) is 0.660. The SMILES string of the molecule is CCNC1CCC(CC)CC1N(C)CCC(F)(F)F. The summed E-state index contributed by atoms with van der Waals surface area (Å²) >= 11 is 0. The zero-order valence-corrected chi connectivity index (χ0v) is 12.3. The molecule has 0 aromatic heterocycles. The van der Waals surface area contributed by atoms with Crippen LogP contribution in [-0.4, -0.2) is 43.3 Å². The Morgan fingerprint density at radius 2 is 1.89 bits per heavy atom. The second-order valence-corrected chi connectivity index (χ2v) is 5.66. The first-order valence-corrected chi connectivity index (χ1v) is 7.37. The van der Waals surface area contributed by atoms with Crippen molar-refractivity contribution in [3.05, 3.63) is 0 Å². The Morgan fingerprint density at radius 1 is 1.21 bits per heavy atom. The van der Waals surface area contributed by atoms with Gasteiger partial charge in [-0.1, -0.05) is 20.3 Å². The highest BCUT2D eigenvalue weighted by Crippen LogP contribution is 2.30. The molecule has 1 aliphatic rings. The van der Waals surface area contributed by atoms with Crippen LogP contribution >= 0.6 is 0 Å². The summed E-state index contributed by atoms with van der Waals surface area (Å²) in [7, 11) is 1.83. The summed E-state index contributed by atoms with van der Waals surface area (Å²) in [6.45, 7) is 5.21. The largest absolute Gasteiger partial charge is 0.390 e. The first kappa shape index (κ1) is 16.8. The van der Waals surface area contributed by atoms with Crippen LogP contribution in [-0.2, 0) is 0 Å². The minimum absolute atomic E-state index is 0.104. The van der Waals surface area contributed by atoms with Gasteiger partial charge < -0.3 is 10.2 Å². The zero-order valence-electron chi connectivity index (χ0n) is 12.3. The van der Waals surface area contributed by atoms with Gasteiger partial charge >= 0.3 is 6.18 Å². The molecule has 1 fully saturated rings. The highest BCUT2D eigenvalue weighted by Gasteiger charge is 2.34. The van der Waals surface area contributed by atoms with Gasteiger partial charge in [-0.25, -0.2) is 0 Å². The van der Waals surface area contributed by atoms with E-state index in [2.05, 4.69) is 19.2 Å². The van der Waals surface area contributed by atoms with Gasteiger partial charge in [0.05, 0.1) is 6.42 Å². The van der Waals surface area contributed by atoms with E-state index >= 15 is 0 Å². The van der Waals surface area contributed by atoms with Gasteiger partial charge in [0, 0.05) is 18.6 Å². The van der Waals surface area contributed by atoms with E-state index in [0.29, 0.717) is 12.0 Å². The van der Waals surface area contributed by atoms with Gasteiger partial charge in [-0.2, -0.15) is 13.2 Å². The van der Waals surface area contributed by atoms with Crippen LogP contribution in [0.1, 0.15) is 46.0 Å². The van der Waals surface area contributed by atoms with Crippen molar-refractivity contribution in [1.82, 2.24) is 10.2 Å². The van der Waals surface area contributed by atoms with Crippen LogP contribution in [0.3, 0.4) is 0 Å². The van der Waals surface area contributed by atoms with Gasteiger partial charge in [0.15, 0.2) is 0 Å². The molecule has 3 atom stereocenters. The van der Waals surface area contributed by atoms with Crippen LogP contribution in [0.5, 0.6) is 0 Å². The van der Waals surface area contributed by atoms with Crippen LogP contribution in [0.25, 0.3) is 0 Å². The van der Waals surface area contributed by atoms with E-state index in [1.807, 2.05) is 11.9 Å². The fourth-order valence-electron chi connectivity index (χ4n) is 3.06. The maximum atomic E-state index is 12.3. The molecule has 0 radical (unpaired) electrons. The van der Waals surface area contributed by atoms with Crippen LogP contribution in [0.4, 0.5) is 13.2 Å². The quantitative estimate of drug-likeness (QED) is 0.802. The second-order valence-electron chi connectivity index (χ2n) is 5.66. The van der Waals surface area contributed by atoms with Crippen molar-refractivity contribution >= 4 is 0 Å². The molecule has 0 aromatic rings. The normalized spacial score (nSPS) is 28.9. The first-order valence-electron chi connectivity index (χ1n) is 7.37. The van der Waals surface area contributed by atoms with Crippen LogP contribution in [0.15, 0.2) is 0 Å². The fourth-order valence-corrected chi connectivity index (χ4v) is 3.06. The van der Waals surface area contributed by atoms with E-state index < -0.39 is 12.6 Å². The molecule has 1 saturated carbocycles. The number of nitrogens with zero attached hydrogens (tertiary/aromatic N) is 1. The first-order chi connectivity index (χ1) is 8.87. The molecule has 1 aliphatic carbocycles. The lowest BCUT2D eigenvalue weighted by molar-refractivity contribution is -0.139. The maximum Gasteiger partial charge on any atom is 0.390 e. The van der Waals surface area contributed by atoms with Gasteiger partial charge in [0.25, 0.3) is 0 Å². The zero-order chi connectivity index (χ0) is 14.5. The van der Waals surface area contributed by atoms with Crippen molar-refractivity contribution in [1.29, 1.82) is 0 Å². The van der Waals surface area contributed by atoms with E-state index in [1.165, 1.54) is 6.42 Å². The summed E-state index contributed by atoms with van der Waals surface area (Å²) in [6, 6.07) is 0.576. The predicted octanol–water partition coefficient (Wildman–Crippen LogP) is 3.43. The third kappa shape index (κ3) is 5.69. The number of alkyl halides is 3. The molecule has 0 saturated heterocycles. The molecule has 0 amide bonds. The number of nitrogens with one attached hydrogen (secondary N) is 1. The molecule has 2 nitrogen and oxygen atoms in total. The molecule has 0 aromatic carbocycles. The molecular formula is C14H27F3N2. The molecule has 0 spiro atoms. The van der Waals surface area contributed by atoms with Gasteiger partial charge in [-0.3, -0.25) is 0 Å². The molecule has 0 aliphatic heterocycles. The van der Waals surface area contributed by atoms with Crippen molar-refractivity contribution in [2.24, 2.45) is 5.92 Å². The Balaban J connectivity index is 2.56. The number of hydrogen-bond donors (Lipinski definition) is 1. The lowest BCUT2D eigenvalue weighted by Gasteiger charge is -2.41. The minimum atomic E-state index is -4.05. The smallest absolute Gasteiger partial charge is 0.313 e. The molecular weight excluding hydrogens is 253 g/mol. The van der Waals surface area contributed by atoms with Gasteiger partial charge in [-0.05, 0) is 38.8 Å². The third-order valence-corrected chi connectivity index (χ3v) is 4.28. The summed E-state index contributed by atoms with van der Waals surface area (Å²) in [6.07, 6.45) is -0.355. The third-order valence-electron chi connectivity index (χ3n) is 4.28. The highest BCUT2D eigenvalue weighted by molar-refractivity contribution is 4.90. The Kier molecular flexibility index (Phi) is 6.60. The van der Waals surface area contributed by atoms with Crippen molar-refractivity contribution in [2.75, 3.05) is 20.1 Å². The Bertz CT molecular complexity index is 256. The summed E-state index contributed by atoms with van der Waals surface area (Å²) in [5.41, 5.74) is 0. The van der Waals surface area contributed by atoms with Crippen molar-refractivity contribution in [3.8, 4) is 0 Å². The molecule has 1 rings (SSSR count). The number of likely N-dealkylation sites (N-methyl/N-ethyl adjacent to an activating group) is 2. The second kappa shape index (κ2) is 7.48. The summed E-state index contributed by atoms with van der Waals surface area (Å²) in [5, 5.41) is 3.43. The van der Waals surface area contributed by atoms with Crippen LogP contribution < -0.4 is 5.32 Å². The fraction of sp³-hybridized carbons (Fsp3) is 1.00. The molecule has 1 N–H and O–H groups in total. The molecule has 114 valence electrons. The lowest BCUT2D eigenvalue weighted by atomic mass is 9.80. The number of halogens is 3. The maximum absolute atomic E-state index is 12.3. The number of hydrogen-bond acceptors (Lipinski definition) is 2. The molecule has 19 heavy (non-hydrogen) atoms. The van der Waals surface area contributed by atoms with Gasteiger partial charge in [-0.15, -0.1) is 0 Å².